The molecule has 5 heteroatoms. The number of carbonyl (C=O) groups excluding carboxylic acids is 2. The van der Waals surface area contributed by atoms with Crippen LogP contribution in [0.25, 0.3) is 0 Å². The van der Waals surface area contributed by atoms with Crippen molar-refractivity contribution in [1.29, 1.82) is 0 Å². The van der Waals surface area contributed by atoms with Crippen LogP contribution in [0.15, 0.2) is 42.5 Å². The van der Waals surface area contributed by atoms with Crippen LogP contribution in [0.5, 0.6) is 17.2 Å². The minimum Gasteiger partial charge on any atom is -0.493 e. The van der Waals surface area contributed by atoms with Crippen LogP contribution in [0.2, 0.25) is 0 Å². The first kappa shape index (κ1) is 17.5. The summed E-state index contributed by atoms with van der Waals surface area (Å²) in [6, 6.07) is 12.1. The highest BCUT2D eigenvalue weighted by molar-refractivity contribution is 5.94. The van der Waals surface area contributed by atoms with Crippen molar-refractivity contribution < 1.29 is 23.8 Å². The number of hydrogen-bond donors (Lipinski definition) is 0. The molecule has 2 aromatic carbocycles. The third-order valence-corrected chi connectivity index (χ3v) is 3.54. The maximum atomic E-state index is 12.0. The zero-order valence-corrected chi connectivity index (χ0v) is 14.0. The van der Waals surface area contributed by atoms with E-state index in [1.54, 1.807) is 44.6 Å². The molecule has 0 aliphatic carbocycles. The largest absolute Gasteiger partial charge is 0.493 e. The molecule has 0 heterocycles. The Morgan fingerprint density at radius 2 is 1.71 bits per heavy atom. The van der Waals surface area contributed by atoms with E-state index in [1.807, 2.05) is 12.1 Å². The molecule has 0 fully saturated rings. The number of Topliss-reactive ketones (excluding diaryl/α,β-unsaturated/α-hetero) is 1. The van der Waals surface area contributed by atoms with Crippen LogP contribution in [0, 0.1) is 0 Å². The smallest absolute Gasteiger partial charge is 0.311 e. The van der Waals surface area contributed by atoms with E-state index in [4.69, 9.17) is 14.2 Å². The van der Waals surface area contributed by atoms with E-state index in [2.05, 4.69) is 0 Å². The van der Waals surface area contributed by atoms with Gasteiger partial charge >= 0.3 is 5.97 Å². The summed E-state index contributed by atoms with van der Waals surface area (Å²) in [6.45, 7) is 1.47. The molecule has 0 saturated heterocycles. The van der Waals surface area contributed by atoms with Gasteiger partial charge in [0.1, 0.15) is 5.75 Å². The Hall–Kier alpha value is -2.82. The highest BCUT2D eigenvalue weighted by atomic mass is 16.5. The summed E-state index contributed by atoms with van der Waals surface area (Å²) in [5.41, 5.74) is 1.46. The van der Waals surface area contributed by atoms with Crippen molar-refractivity contribution in [2.24, 2.45) is 0 Å². The Labute approximate surface area is 141 Å². The molecule has 126 valence electrons. The number of benzene rings is 2. The second-order valence-corrected chi connectivity index (χ2v) is 5.25. The number of methoxy groups -OCH3 is 2. The first-order valence-corrected chi connectivity index (χ1v) is 7.56. The average Bonchev–Trinajstić information content (AvgIpc) is 2.59. The summed E-state index contributed by atoms with van der Waals surface area (Å²) in [5.74, 6) is 1.21. The number of ketones is 1. The van der Waals surface area contributed by atoms with E-state index < -0.39 is 0 Å². The van der Waals surface area contributed by atoms with E-state index in [0.29, 0.717) is 29.2 Å². The first-order valence-electron chi connectivity index (χ1n) is 7.56. The molecule has 0 aliphatic rings. The molecule has 0 aromatic heterocycles. The fourth-order valence-corrected chi connectivity index (χ4v) is 2.24. The summed E-state index contributed by atoms with van der Waals surface area (Å²) >= 11 is 0. The molecule has 2 rings (SSSR count). The van der Waals surface area contributed by atoms with E-state index in [0.717, 1.165) is 5.56 Å². The third-order valence-electron chi connectivity index (χ3n) is 3.54. The fraction of sp³-hybridized carbons (Fsp3) is 0.263. The molecule has 0 bridgehead atoms. The van der Waals surface area contributed by atoms with Crippen molar-refractivity contribution >= 4 is 11.8 Å². The molecule has 0 saturated carbocycles. The van der Waals surface area contributed by atoms with Gasteiger partial charge in [-0.25, -0.2) is 0 Å². The minimum atomic E-state index is -0.356. The first-order chi connectivity index (χ1) is 11.5. The Kier molecular flexibility index (Phi) is 5.95. The summed E-state index contributed by atoms with van der Waals surface area (Å²) in [6.07, 6.45) is 0.741. The van der Waals surface area contributed by atoms with Crippen LogP contribution in [0.4, 0.5) is 0 Å². The predicted octanol–water partition coefficient (Wildman–Crippen LogP) is 3.44. The number of hydrogen-bond acceptors (Lipinski definition) is 5. The lowest BCUT2D eigenvalue weighted by molar-refractivity contribution is -0.134. The van der Waals surface area contributed by atoms with Crippen LogP contribution in [-0.4, -0.2) is 26.0 Å². The van der Waals surface area contributed by atoms with E-state index in [9.17, 15) is 9.59 Å². The lowest BCUT2D eigenvalue weighted by atomic mass is 10.1. The highest BCUT2D eigenvalue weighted by Crippen LogP contribution is 2.28. The average molecular weight is 328 g/mol. The zero-order valence-electron chi connectivity index (χ0n) is 14.0. The zero-order chi connectivity index (χ0) is 17.5. The third kappa shape index (κ3) is 4.59. The number of esters is 1. The molecular weight excluding hydrogens is 308 g/mol. The molecule has 0 radical (unpaired) electrons. The number of aryl methyl sites for hydroxylation is 1. The Morgan fingerprint density at radius 3 is 2.38 bits per heavy atom. The standard InChI is InChI=1S/C19H20O5/c1-13(20)15-5-4-6-16(12-15)24-19(21)10-8-14-7-9-17(22-2)18(11-14)23-3/h4-7,9,11-12H,8,10H2,1-3H3. The van der Waals surface area contributed by atoms with Gasteiger partial charge in [0.15, 0.2) is 17.3 Å². The maximum Gasteiger partial charge on any atom is 0.311 e. The molecule has 0 N–H and O–H groups in total. The normalized spacial score (nSPS) is 10.1. The van der Waals surface area contributed by atoms with Crippen LogP contribution < -0.4 is 14.2 Å². The molecule has 0 amide bonds. The minimum absolute atomic E-state index is 0.0711. The van der Waals surface area contributed by atoms with Gasteiger partial charge in [-0.2, -0.15) is 0 Å². The van der Waals surface area contributed by atoms with Gasteiger partial charge in [0.05, 0.1) is 14.2 Å². The summed E-state index contributed by atoms with van der Waals surface area (Å²) in [5, 5.41) is 0. The van der Waals surface area contributed by atoms with Gasteiger partial charge < -0.3 is 14.2 Å². The lowest BCUT2D eigenvalue weighted by Crippen LogP contribution is -2.09. The van der Waals surface area contributed by atoms with Crippen molar-refractivity contribution in [2.75, 3.05) is 14.2 Å². The van der Waals surface area contributed by atoms with E-state index in [1.165, 1.54) is 6.92 Å². The van der Waals surface area contributed by atoms with E-state index >= 15 is 0 Å². The molecule has 0 spiro atoms. The molecule has 0 aliphatic heterocycles. The number of ether oxygens (including phenoxy) is 3. The molecule has 0 unspecified atom stereocenters. The number of rotatable bonds is 7. The van der Waals surface area contributed by atoms with Crippen molar-refractivity contribution in [1.82, 2.24) is 0 Å². The fourth-order valence-electron chi connectivity index (χ4n) is 2.24. The van der Waals surface area contributed by atoms with Crippen LogP contribution in [0.1, 0.15) is 29.3 Å². The second-order valence-electron chi connectivity index (χ2n) is 5.25. The van der Waals surface area contributed by atoms with Crippen molar-refractivity contribution in [3.05, 3.63) is 53.6 Å². The topological polar surface area (TPSA) is 61.8 Å². The molecule has 24 heavy (non-hydrogen) atoms. The Bertz CT molecular complexity index is 736. The lowest BCUT2D eigenvalue weighted by Gasteiger charge is -2.09. The van der Waals surface area contributed by atoms with Gasteiger partial charge in [-0.15, -0.1) is 0 Å². The number of carbonyl (C=O) groups is 2. The Balaban J connectivity index is 1.96. The highest BCUT2D eigenvalue weighted by Gasteiger charge is 2.09. The Morgan fingerprint density at radius 1 is 0.958 bits per heavy atom. The SMILES string of the molecule is COc1ccc(CCC(=O)Oc2cccc(C(C)=O)c2)cc1OC. The van der Waals surface area contributed by atoms with Crippen LogP contribution in [0.3, 0.4) is 0 Å². The summed E-state index contributed by atoms with van der Waals surface area (Å²) < 4.78 is 15.7. The molecular formula is C19H20O5. The maximum absolute atomic E-state index is 12.0. The summed E-state index contributed by atoms with van der Waals surface area (Å²) in [7, 11) is 3.14. The van der Waals surface area contributed by atoms with Gasteiger partial charge in [0, 0.05) is 12.0 Å². The molecule has 2 aromatic rings. The van der Waals surface area contributed by atoms with Gasteiger partial charge in [0.2, 0.25) is 0 Å². The van der Waals surface area contributed by atoms with Crippen molar-refractivity contribution in [3.63, 3.8) is 0 Å². The monoisotopic (exact) mass is 328 g/mol. The van der Waals surface area contributed by atoms with Gasteiger partial charge in [-0.05, 0) is 43.2 Å². The molecule has 5 nitrogen and oxygen atoms in total. The van der Waals surface area contributed by atoms with Gasteiger partial charge in [-0.1, -0.05) is 18.2 Å². The molecule has 0 atom stereocenters. The van der Waals surface area contributed by atoms with Crippen molar-refractivity contribution in [2.45, 2.75) is 19.8 Å². The van der Waals surface area contributed by atoms with Crippen LogP contribution in [-0.2, 0) is 11.2 Å². The second kappa shape index (κ2) is 8.15. The van der Waals surface area contributed by atoms with Crippen LogP contribution >= 0.6 is 0 Å². The predicted molar refractivity (Wildman–Crippen MR) is 89.9 cm³/mol. The van der Waals surface area contributed by atoms with Gasteiger partial charge in [-0.3, -0.25) is 9.59 Å². The summed E-state index contributed by atoms with van der Waals surface area (Å²) in [4.78, 5) is 23.3. The van der Waals surface area contributed by atoms with Crippen molar-refractivity contribution in [3.8, 4) is 17.2 Å². The van der Waals surface area contributed by atoms with Gasteiger partial charge in [0.25, 0.3) is 0 Å². The van der Waals surface area contributed by atoms with E-state index in [-0.39, 0.29) is 18.2 Å². The quantitative estimate of drug-likeness (QED) is 0.442.